The van der Waals surface area contributed by atoms with Gasteiger partial charge >= 0.3 is 0 Å². The van der Waals surface area contributed by atoms with E-state index in [-0.39, 0.29) is 5.60 Å². The van der Waals surface area contributed by atoms with Crippen molar-refractivity contribution in [3.63, 3.8) is 0 Å². The third-order valence-corrected chi connectivity index (χ3v) is 6.38. The minimum atomic E-state index is 0.276. The van der Waals surface area contributed by atoms with Crippen LogP contribution in [0.4, 0.5) is 0 Å². The summed E-state index contributed by atoms with van der Waals surface area (Å²) in [7, 11) is 0. The van der Waals surface area contributed by atoms with Crippen molar-refractivity contribution in [3.05, 3.63) is 0 Å². The lowest BCUT2D eigenvalue weighted by molar-refractivity contribution is -0.102. The molecule has 2 aliphatic carbocycles. The van der Waals surface area contributed by atoms with E-state index in [1.807, 2.05) is 0 Å². The first-order valence-corrected chi connectivity index (χ1v) is 9.11. The predicted octanol–water partition coefficient (Wildman–Crippen LogP) is 4.14. The van der Waals surface area contributed by atoms with Crippen molar-refractivity contribution in [2.45, 2.75) is 83.3 Å². The molecule has 1 N–H and O–H groups in total. The number of hydrogen-bond donors (Lipinski definition) is 1. The van der Waals surface area contributed by atoms with Gasteiger partial charge in [0.05, 0.1) is 5.60 Å². The first-order chi connectivity index (χ1) is 9.74. The molecular weight excluding hydrogens is 246 g/mol. The molecule has 2 saturated carbocycles. The average molecular weight is 279 g/mol. The minimum Gasteiger partial charge on any atom is -0.375 e. The molecule has 2 nitrogen and oxygen atoms in total. The fourth-order valence-electron chi connectivity index (χ4n) is 5.35. The van der Waals surface area contributed by atoms with Crippen molar-refractivity contribution in [1.29, 1.82) is 0 Å². The molecule has 1 heterocycles. The summed E-state index contributed by atoms with van der Waals surface area (Å²) in [6.07, 6.45) is 12.4. The molecule has 4 unspecified atom stereocenters. The predicted molar refractivity (Wildman–Crippen MR) is 83.8 cm³/mol. The van der Waals surface area contributed by atoms with Gasteiger partial charge in [-0.15, -0.1) is 0 Å². The van der Waals surface area contributed by atoms with E-state index in [9.17, 15) is 0 Å². The Hall–Kier alpha value is -0.0800. The highest BCUT2D eigenvalue weighted by Crippen LogP contribution is 2.46. The van der Waals surface area contributed by atoms with Gasteiger partial charge in [-0.1, -0.05) is 39.5 Å². The highest BCUT2D eigenvalue weighted by Gasteiger charge is 2.44. The fourth-order valence-corrected chi connectivity index (χ4v) is 5.35. The van der Waals surface area contributed by atoms with Crippen LogP contribution in [0.15, 0.2) is 0 Å². The van der Waals surface area contributed by atoms with Crippen molar-refractivity contribution < 1.29 is 4.74 Å². The lowest BCUT2D eigenvalue weighted by atomic mass is 9.74. The third kappa shape index (κ3) is 2.92. The van der Waals surface area contributed by atoms with Crippen molar-refractivity contribution in [2.24, 2.45) is 17.8 Å². The summed E-state index contributed by atoms with van der Waals surface area (Å²) in [6.45, 7) is 6.88. The summed E-state index contributed by atoms with van der Waals surface area (Å²) in [5.41, 5.74) is 0.276. The van der Waals surface area contributed by atoms with Gasteiger partial charge in [0.2, 0.25) is 0 Å². The lowest BCUT2D eigenvalue weighted by Gasteiger charge is -2.44. The summed E-state index contributed by atoms with van der Waals surface area (Å²) in [5, 5.41) is 3.88. The van der Waals surface area contributed by atoms with E-state index >= 15 is 0 Å². The highest BCUT2D eigenvalue weighted by atomic mass is 16.5. The Morgan fingerprint density at radius 2 is 1.95 bits per heavy atom. The Bertz CT molecular complexity index is 311. The highest BCUT2D eigenvalue weighted by molar-refractivity contribution is 4.97. The molecule has 0 bridgehead atoms. The second-order valence-corrected chi connectivity index (χ2v) is 7.65. The van der Waals surface area contributed by atoms with Gasteiger partial charge < -0.3 is 10.1 Å². The van der Waals surface area contributed by atoms with Gasteiger partial charge in [-0.2, -0.15) is 0 Å². The Morgan fingerprint density at radius 1 is 1.15 bits per heavy atom. The molecule has 0 amide bonds. The van der Waals surface area contributed by atoms with Gasteiger partial charge in [-0.05, 0) is 56.4 Å². The smallest absolute Gasteiger partial charge is 0.0685 e. The molecule has 0 aromatic rings. The van der Waals surface area contributed by atoms with Crippen LogP contribution in [0, 0.1) is 17.8 Å². The zero-order valence-electron chi connectivity index (χ0n) is 13.5. The van der Waals surface area contributed by atoms with Gasteiger partial charge in [0.1, 0.15) is 0 Å². The Kier molecular flexibility index (Phi) is 4.72. The van der Waals surface area contributed by atoms with E-state index in [0.29, 0.717) is 0 Å². The Balaban J connectivity index is 1.70. The number of nitrogens with one attached hydrogen (secondary N) is 1. The fraction of sp³-hybridized carbons (Fsp3) is 1.00. The second-order valence-electron chi connectivity index (χ2n) is 7.65. The molecule has 0 radical (unpaired) electrons. The zero-order chi connectivity index (χ0) is 14.0. The summed E-state index contributed by atoms with van der Waals surface area (Å²) in [5.74, 6) is 2.69. The van der Waals surface area contributed by atoms with Crippen molar-refractivity contribution in [3.8, 4) is 0 Å². The number of rotatable bonds is 4. The van der Waals surface area contributed by atoms with E-state index in [2.05, 4.69) is 19.2 Å². The molecule has 0 aromatic heterocycles. The summed E-state index contributed by atoms with van der Waals surface area (Å²) < 4.78 is 6.25. The third-order valence-electron chi connectivity index (χ3n) is 6.38. The molecule has 4 atom stereocenters. The van der Waals surface area contributed by atoms with Crippen LogP contribution < -0.4 is 5.32 Å². The normalized spacial score (nSPS) is 38.4. The van der Waals surface area contributed by atoms with Gasteiger partial charge in [0.25, 0.3) is 0 Å². The van der Waals surface area contributed by atoms with E-state index in [1.165, 1.54) is 57.8 Å². The first-order valence-electron chi connectivity index (χ1n) is 9.11. The molecule has 1 aliphatic heterocycles. The van der Waals surface area contributed by atoms with Crippen LogP contribution >= 0.6 is 0 Å². The van der Waals surface area contributed by atoms with Crippen molar-refractivity contribution in [1.82, 2.24) is 5.32 Å². The van der Waals surface area contributed by atoms with Crippen LogP contribution in [0.1, 0.15) is 71.6 Å². The maximum Gasteiger partial charge on any atom is 0.0685 e. The number of ether oxygens (including phenoxy) is 1. The van der Waals surface area contributed by atoms with E-state index in [4.69, 9.17) is 4.74 Å². The van der Waals surface area contributed by atoms with Crippen LogP contribution in [-0.4, -0.2) is 24.8 Å². The van der Waals surface area contributed by atoms with Gasteiger partial charge in [0.15, 0.2) is 0 Å². The quantitative estimate of drug-likeness (QED) is 0.835. The molecule has 3 fully saturated rings. The zero-order valence-corrected chi connectivity index (χ0v) is 13.5. The van der Waals surface area contributed by atoms with Gasteiger partial charge in [-0.25, -0.2) is 0 Å². The molecular formula is C18H33NO. The standard InChI is InChI=1S/C18H33NO/c1-3-19-17(16-8-6-7-14(16)2)15-9-12-20-18(13-15)10-4-5-11-18/h14-17,19H,3-13H2,1-2H3. The van der Waals surface area contributed by atoms with Crippen molar-refractivity contribution >= 4 is 0 Å². The molecule has 2 heteroatoms. The van der Waals surface area contributed by atoms with Gasteiger partial charge in [-0.3, -0.25) is 0 Å². The minimum absolute atomic E-state index is 0.276. The van der Waals surface area contributed by atoms with Crippen LogP contribution in [-0.2, 0) is 4.74 Å². The monoisotopic (exact) mass is 279 g/mol. The molecule has 3 aliphatic rings. The number of hydrogen-bond acceptors (Lipinski definition) is 2. The first kappa shape index (κ1) is 14.8. The van der Waals surface area contributed by atoms with Crippen LogP contribution in [0.2, 0.25) is 0 Å². The SMILES string of the molecule is CCNC(C1CCOC2(CCCC2)C1)C1CCCC1C. The van der Waals surface area contributed by atoms with E-state index in [0.717, 1.165) is 36.9 Å². The lowest BCUT2D eigenvalue weighted by Crippen LogP contribution is -2.49. The largest absolute Gasteiger partial charge is 0.375 e. The van der Waals surface area contributed by atoms with E-state index in [1.54, 1.807) is 0 Å². The Labute approximate surface area is 125 Å². The Morgan fingerprint density at radius 3 is 2.60 bits per heavy atom. The van der Waals surface area contributed by atoms with E-state index < -0.39 is 0 Å². The maximum atomic E-state index is 6.25. The summed E-state index contributed by atoms with van der Waals surface area (Å²) in [4.78, 5) is 0. The summed E-state index contributed by atoms with van der Waals surface area (Å²) in [6, 6.07) is 0.749. The van der Waals surface area contributed by atoms with Crippen LogP contribution in [0.25, 0.3) is 0 Å². The van der Waals surface area contributed by atoms with Crippen molar-refractivity contribution in [2.75, 3.05) is 13.2 Å². The second kappa shape index (κ2) is 6.36. The topological polar surface area (TPSA) is 21.3 Å². The summed E-state index contributed by atoms with van der Waals surface area (Å²) >= 11 is 0. The van der Waals surface area contributed by atoms with Crippen LogP contribution in [0.3, 0.4) is 0 Å². The molecule has 1 saturated heterocycles. The molecule has 3 rings (SSSR count). The van der Waals surface area contributed by atoms with Gasteiger partial charge in [0, 0.05) is 12.6 Å². The molecule has 116 valence electrons. The molecule has 1 spiro atoms. The molecule has 0 aromatic carbocycles. The van der Waals surface area contributed by atoms with Crippen LogP contribution in [0.5, 0.6) is 0 Å². The maximum absolute atomic E-state index is 6.25. The molecule has 20 heavy (non-hydrogen) atoms. The average Bonchev–Trinajstić information content (AvgIpc) is 3.06.